The van der Waals surface area contributed by atoms with Gasteiger partial charge in [0.15, 0.2) is 6.61 Å². The number of halogens is 4. The molecule has 0 aromatic heterocycles. The van der Waals surface area contributed by atoms with E-state index in [-0.39, 0.29) is 22.8 Å². The largest absolute Gasteiger partial charge is 0.482 e. The van der Waals surface area contributed by atoms with Crippen LogP contribution in [0.4, 0.5) is 23.2 Å². The Balaban J connectivity index is 1.87. The van der Waals surface area contributed by atoms with Crippen LogP contribution in [-0.2, 0) is 21.2 Å². The maximum atomic E-state index is 13.4. The average molecular weight is 489 g/mol. The van der Waals surface area contributed by atoms with Gasteiger partial charge in [-0.3, -0.25) is 4.79 Å². The molecule has 3 rings (SSSR count). The number of nitrogens with one attached hydrogen (secondary N) is 1. The molecule has 0 bridgehead atoms. The van der Waals surface area contributed by atoms with Gasteiger partial charge in [-0.1, -0.05) is 25.0 Å². The van der Waals surface area contributed by atoms with Crippen LogP contribution in [0.1, 0.15) is 31.2 Å². The van der Waals surface area contributed by atoms with Crippen LogP contribution in [0.15, 0.2) is 47.4 Å². The molecule has 0 aliphatic carbocycles. The van der Waals surface area contributed by atoms with Gasteiger partial charge in [-0.25, -0.2) is 12.8 Å². The van der Waals surface area contributed by atoms with Gasteiger partial charge >= 0.3 is 6.18 Å². The normalized spacial score (nSPS) is 15.6. The fraction of sp³-hybridized carbons (Fsp3) is 0.409. The average Bonchev–Trinajstić information content (AvgIpc) is 3.02. The van der Waals surface area contributed by atoms with Gasteiger partial charge in [-0.2, -0.15) is 17.5 Å². The summed E-state index contributed by atoms with van der Waals surface area (Å²) in [6.45, 7) is -0.927. The lowest BCUT2D eigenvalue weighted by atomic mass is 10.1. The van der Waals surface area contributed by atoms with Gasteiger partial charge < -0.3 is 10.1 Å². The van der Waals surface area contributed by atoms with Gasteiger partial charge in [0.25, 0.3) is 0 Å². The number of ether oxygens (including phenoxy) is 1. The molecule has 0 atom stereocenters. The molecule has 1 saturated heterocycles. The molecule has 33 heavy (non-hydrogen) atoms. The van der Waals surface area contributed by atoms with E-state index in [0.717, 1.165) is 37.1 Å². The first-order valence-electron chi connectivity index (χ1n) is 10.4. The summed E-state index contributed by atoms with van der Waals surface area (Å²) < 4.78 is 83.7. The number of carbonyl (C=O) groups is 1. The van der Waals surface area contributed by atoms with E-state index in [1.54, 1.807) is 0 Å². The molecule has 1 heterocycles. The van der Waals surface area contributed by atoms with E-state index in [9.17, 15) is 30.8 Å². The highest BCUT2D eigenvalue weighted by Crippen LogP contribution is 2.31. The number of hydrogen-bond acceptors (Lipinski definition) is 4. The van der Waals surface area contributed by atoms with Crippen LogP contribution in [-0.4, -0.2) is 44.5 Å². The van der Waals surface area contributed by atoms with Gasteiger partial charge in [0.05, 0.1) is 17.0 Å². The van der Waals surface area contributed by atoms with Crippen molar-refractivity contribution in [1.82, 2.24) is 4.31 Å². The first-order chi connectivity index (χ1) is 15.5. The van der Waals surface area contributed by atoms with Gasteiger partial charge in [-0.15, -0.1) is 0 Å². The highest BCUT2D eigenvalue weighted by atomic mass is 32.2. The number of anilines is 1. The predicted molar refractivity (Wildman–Crippen MR) is 114 cm³/mol. The number of carbonyl (C=O) groups excluding carboxylic acids is 1. The van der Waals surface area contributed by atoms with Gasteiger partial charge in [0.1, 0.15) is 11.6 Å². The number of benzene rings is 2. The fourth-order valence-corrected chi connectivity index (χ4v) is 5.05. The molecule has 0 saturated carbocycles. The monoisotopic (exact) mass is 488 g/mol. The van der Waals surface area contributed by atoms with Crippen molar-refractivity contribution in [1.29, 1.82) is 0 Å². The number of rotatable bonds is 7. The minimum atomic E-state index is -4.63. The van der Waals surface area contributed by atoms with Crippen molar-refractivity contribution in [2.45, 2.75) is 43.2 Å². The zero-order chi connectivity index (χ0) is 24.1. The Hall–Kier alpha value is -2.66. The third-order valence-electron chi connectivity index (χ3n) is 5.07. The number of amides is 1. The Bertz CT molecular complexity index is 1080. The Morgan fingerprint density at radius 3 is 2.36 bits per heavy atom. The van der Waals surface area contributed by atoms with E-state index in [1.807, 2.05) is 0 Å². The smallest absolute Gasteiger partial charge is 0.422 e. The van der Waals surface area contributed by atoms with Crippen molar-refractivity contribution >= 4 is 21.6 Å². The van der Waals surface area contributed by atoms with Crippen molar-refractivity contribution in [3.63, 3.8) is 0 Å². The van der Waals surface area contributed by atoms with Crippen molar-refractivity contribution in [2.24, 2.45) is 0 Å². The number of alkyl halides is 3. The molecule has 1 N–H and O–H groups in total. The number of nitrogens with zero attached hydrogens (tertiary/aromatic N) is 1. The van der Waals surface area contributed by atoms with Crippen LogP contribution in [0.5, 0.6) is 5.75 Å². The molecule has 0 unspecified atom stereocenters. The maximum absolute atomic E-state index is 13.4. The van der Waals surface area contributed by atoms with Crippen LogP contribution in [0.2, 0.25) is 0 Å². The van der Waals surface area contributed by atoms with Gasteiger partial charge in [0, 0.05) is 13.1 Å². The molecular formula is C22H24F4N2O4S. The van der Waals surface area contributed by atoms with E-state index in [4.69, 9.17) is 4.74 Å². The zero-order valence-corrected chi connectivity index (χ0v) is 18.5. The summed E-state index contributed by atoms with van der Waals surface area (Å²) in [7, 11) is -3.91. The molecule has 1 aliphatic rings. The lowest BCUT2D eigenvalue weighted by Crippen LogP contribution is -2.32. The Kier molecular flexibility index (Phi) is 7.96. The van der Waals surface area contributed by atoms with Crippen LogP contribution in [0.25, 0.3) is 0 Å². The van der Waals surface area contributed by atoms with E-state index < -0.39 is 34.5 Å². The second kappa shape index (κ2) is 10.5. The molecule has 1 aliphatic heterocycles. The molecule has 1 fully saturated rings. The molecule has 2 aromatic rings. The van der Waals surface area contributed by atoms with Crippen LogP contribution < -0.4 is 10.1 Å². The number of sulfonamides is 1. The Morgan fingerprint density at radius 1 is 1.03 bits per heavy atom. The van der Waals surface area contributed by atoms with E-state index in [1.165, 1.54) is 22.5 Å². The van der Waals surface area contributed by atoms with Gasteiger partial charge in [-0.05, 0) is 48.7 Å². The minimum absolute atomic E-state index is 0.162. The molecule has 2 aromatic carbocycles. The molecule has 180 valence electrons. The molecular weight excluding hydrogens is 464 g/mol. The summed E-state index contributed by atoms with van der Waals surface area (Å²) in [5, 5.41) is 2.41. The van der Waals surface area contributed by atoms with E-state index in [0.29, 0.717) is 31.5 Å². The second-order valence-corrected chi connectivity index (χ2v) is 9.67. The maximum Gasteiger partial charge on any atom is 0.422 e. The molecule has 11 heteroatoms. The Labute approximate surface area is 189 Å². The Morgan fingerprint density at radius 2 is 1.73 bits per heavy atom. The summed E-state index contributed by atoms with van der Waals surface area (Å²) in [4.78, 5) is 12.3. The first kappa shape index (κ1) is 25.0. The zero-order valence-electron chi connectivity index (χ0n) is 17.7. The lowest BCUT2D eigenvalue weighted by molar-refractivity contribution is -0.153. The molecule has 0 spiro atoms. The van der Waals surface area contributed by atoms with E-state index >= 15 is 0 Å². The first-order valence-corrected chi connectivity index (χ1v) is 11.9. The third kappa shape index (κ3) is 7.16. The van der Waals surface area contributed by atoms with Crippen LogP contribution in [0.3, 0.4) is 0 Å². The third-order valence-corrected chi connectivity index (χ3v) is 6.97. The standard InChI is InChI=1S/C22H24F4N2O4S/c23-17-7-5-6-16(12-17)13-21(29)27-19-14-18(8-9-20(19)32-15-22(24,25)26)33(30,31)28-10-3-1-2-4-11-28/h5-9,12,14H,1-4,10-11,13,15H2,(H,27,29). The topological polar surface area (TPSA) is 75.7 Å². The van der Waals surface area contributed by atoms with Crippen molar-refractivity contribution in [3.05, 3.63) is 53.8 Å². The van der Waals surface area contributed by atoms with Crippen molar-refractivity contribution in [3.8, 4) is 5.75 Å². The van der Waals surface area contributed by atoms with Crippen LogP contribution >= 0.6 is 0 Å². The summed E-state index contributed by atoms with van der Waals surface area (Å²) in [5.74, 6) is -1.53. The molecule has 0 radical (unpaired) electrons. The van der Waals surface area contributed by atoms with E-state index in [2.05, 4.69) is 5.32 Å². The SMILES string of the molecule is O=C(Cc1cccc(F)c1)Nc1cc(S(=O)(=O)N2CCCCCC2)ccc1OCC(F)(F)F. The quantitative estimate of drug-likeness (QED) is 0.582. The highest BCUT2D eigenvalue weighted by molar-refractivity contribution is 7.89. The summed E-state index contributed by atoms with van der Waals surface area (Å²) >= 11 is 0. The summed E-state index contributed by atoms with van der Waals surface area (Å²) in [5.41, 5.74) is 0.134. The minimum Gasteiger partial charge on any atom is -0.482 e. The van der Waals surface area contributed by atoms with Gasteiger partial charge in [0.2, 0.25) is 15.9 Å². The number of hydrogen-bond donors (Lipinski definition) is 1. The van der Waals surface area contributed by atoms with Crippen molar-refractivity contribution in [2.75, 3.05) is 25.0 Å². The highest BCUT2D eigenvalue weighted by Gasteiger charge is 2.30. The van der Waals surface area contributed by atoms with Crippen molar-refractivity contribution < 1.29 is 35.5 Å². The molecule has 6 nitrogen and oxygen atoms in total. The summed E-state index contributed by atoms with van der Waals surface area (Å²) in [6, 6.07) is 8.65. The fourth-order valence-electron chi connectivity index (χ4n) is 3.51. The molecule has 1 amide bonds. The second-order valence-electron chi connectivity index (χ2n) is 7.73. The predicted octanol–water partition coefficient (Wildman–Crippen LogP) is 4.51. The lowest BCUT2D eigenvalue weighted by Gasteiger charge is -2.21. The summed E-state index contributed by atoms with van der Waals surface area (Å²) in [6.07, 6.45) is -1.64. The van der Waals surface area contributed by atoms with Crippen LogP contribution in [0, 0.1) is 5.82 Å².